The molecule has 2 unspecified atom stereocenters. The van der Waals surface area contributed by atoms with E-state index in [-0.39, 0.29) is 16.0 Å². The fourth-order valence-corrected chi connectivity index (χ4v) is 2.09. The third-order valence-electron chi connectivity index (χ3n) is 1.75. The van der Waals surface area contributed by atoms with Gasteiger partial charge in [-0.05, 0) is 18.2 Å². The Labute approximate surface area is 62.9 Å². The highest BCUT2D eigenvalue weighted by atomic mass is 32.2. The smallest absolute Gasteiger partial charge is 0.148 e. The number of hydrogen-bond donors (Lipinski definition) is 0. The summed E-state index contributed by atoms with van der Waals surface area (Å²) in [7, 11) is 1.65. The predicted molar refractivity (Wildman–Crippen MR) is 39.5 cm³/mol. The van der Waals surface area contributed by atoms with Gasteiger partial charge in [-0.1, -0.05) is 0 Å². The van der Waals surface area contributed by atoms with E-state index in [0.29, 0.717) is 0 Å². The van der Waals surface area contributed by atoms with Crippen LogP contribution < -0.4 is 0 Å². The molecule has 1 aliphatic heterocycles. The van der Waals surface area contributed by atoms with Crippen LogP contribution in [0.2, 0.25) is 0 Å². The fraction of sp³-hybridized carbons (Fsp3) is 0.429. The third kappa shape index (κ3) is 0.739. The maximum Gasteiger partial charge on any atom is 0.148 e. The minimum Gasteiger partial charge on any atom is -0.362 e. The normalized spacial score (nSPS) is 42.6. The van der Waals surface area contributed by atoms with Gasteiger partial charge in [0.25, 0.3) is 0 Å². The van der Waals surface area contributed by atoms with Crippen molar-refractivity contribution in [2.24, 2.45) is 0 Å². The number of rotatable bonds is 1. The van der Waals surface area contributed by atoms with Crippen LogP contribution in [0.5, 0.6) is 0 Å². The average molecular weight is 158 g/mol. The van der Waals surface area contributed by atoms with Gasteiger partial charge >= 0.3 is 0 Å². The van der Waals surface area contributed by atoms with Crippen molar-refractivity contribution < 1.29 is 9.13 Å². The lowest BCUT2D eigenvalue weighted by atomic mass is 10.1. The number of hydrogen-bond acceptors (Lipinski definition) is 2. The summed E-state index contributed by atoms with van der Waals surface area (Å²) in [5.41, 5.74) is 0. The second-order valence-corrected chi connectivity index (χ2v) is 3.73. The molecule has 1 fully saturated rings. The summed E-state index contributed by atoms with van der Waals surface area (Å²) in [6, 6.07) is 0. The minimum absolute atomic E-state index is 0.150. The number of allylic oxidation sites excluding steroid dienone is 2. The Morgan fingerprint density at radius 2 is 2.60 bits per heavy atom. The summed E-state index contributed by atoms with van der Waals surface area (Å²) in [5, 5.41) is 0.211. The highest BCUT2D eigenvalue weighted by molar-refractivity contribution is 8.08. The van der Waals surface area contributed by atoms with E-state index in [1.165, 1.54) is 6.08 Å². The molecule has 0 aromatic heterocycles. The number of methoxy groups -OCH3 is 1. The largest absolute Gasteiger partial charge is 0.362 e. The third-order valence-corrected chi connectivity index (χ3v) is 3.17. The standard InChI is InChI=1S/C7H7FOS/c1-9-7-3-2-5(8)4-6(7)10-7/h2-4,6H,1H3. The SMILES string of the molecule is COC12C=CC(F)=CC1S2. The van der Waals surface area contributed by atoms with Gasteiger partial charge in [0.05, 0.1) is 5.25 Å². The van der Waals surface area contributed by atoms with Crippen molar-refractivity contribution in [3.63, 3.8) is 0 Å². The average Bonchev–Trinajstić information content (AvgIpc) is 2.62. The summed E-state index contributed by atoms with van der Waals surface area (Å²) in [6.45, 7) is 0. The molecule has 0 bridgehead atoms. The molecule has 2 rings (SSSR count). The molecule has 1 aliphatic carbocycles. The fourth-order valence-electron chi connectivity index (χ4n) is 1.08. The molecule has 0 saturated carbocycles. The van der Waals surface area contributed by atoms with E-state index in [1.807, 2.05) is 0 Å². The summed E-state index contributed by atoms with van der Waals surface area (Å²) >= 11 is 1.62. The Balaban J connectivity index is 2.23. The van der Waals surface area contributed by atoms with Crippen molar-refractivity contribution in [2.45, 2.75) is 10.2 Å². The van der Waals surface area contributed by atoms with E-state index in [0.717, 1.165) is 0 Å². The molecule has 2 aliphatic rings. The van der Waals surface area contributed by atoms with E-state index in [4.69, 9.17) is 4.74 Å². The molecule has 0 aromatic rings. The first-order valence-corrected chi connectivity index (χ1v) is 3.94. The second-order valence-electron chi connectivity index (χ2n) is 2.35. The summed E-state index contributed by atoms with van der Waals surface area (Å²) in [6.07, 6.45) is 4.83. The first-order chi connectivity index (χ1) is 4.77. The number of ether oxygens (including phenoxy) is 1. The van der Waals surface area contributed by atoms with Crippen LogP contribution in [0.3, 0.4) is 0 Å². The van der Waals surface area contributed by atoms with Crippen molar-refractivity contribution >= 4 is 11.8 Å². The lowest BCUT2D eigenvalue weighted by Gasteiger charge is -2.08. The van der Waals surface area contributed by atoms with E-state index in [1.54, 1.807) is 31.0 Å². The van der Waals surface area contributed by atoms with Gasteiger partial charge in [0.15, 0.2) is 0 Å². The van der Waals surface area contributed by atoms with Crippen LogP contribution in [0.15, 0.2) is 24.1 Å². The predicted octanol–water partition coefficient (Wildman–Crippen LogP) is 1.87. The van der Waals surface area contributed by atoms with E-state index >= 15 is 0 Å². The van der Waals surface area contributed by atoms with Crippen LogP contribution >= 0.6 is 11.8 Å². The molecular formula is C7H7FOS. The van der Waals surface area contributed by atoms with Gasteiger partial charge in [-0.2, -0.15) is 0 Å². The van der Waals surface area contributed by atoms with Gasteiger partial charge in [0.2, 0.25) is 0 Å². The molecular weight excluding hydrogens is 151 g/mol. The van der Waals surface area contributed by atoms with Crippen molar-refractivity contribution in [3.8, 4) is 0 Å². The molecule has 1 nitrogen and oxygen atoms in total. The molecule has 1 saturated heterocycles. The second kappa shape index (κ2) is 1.86. The van der Waals surface area contributed by atoms with Gasteiger partial charge in [-0.15, -0.1) is 11.8 Å². The van der Waals surface area contributed by atoms with Crippen LogP contribution in [-0.2, 0) is 4.74 Å². The molecule has 10 heavy (non-hydrogen) atoms. The summed E-state index contributed by atoms with van der Waals surface area (Å²) < 4.78 is 17.6. The molecule has 2 atom stereocenters. The van der Waals surface area contributed by atoms with Crippen LogP contribution in [0.4, 0.5) is 4.39 Å². The first-order valence-electron chi connectivity index (χ1n) is 3.06. The molecule has 0 N–H and O–H groups in total. The highest BCUT2D eigenvalue weighted by Gasteiger charge is 2.54. The molecule has 1 heterocycles. The highest BCUT2D eigenvalue weighted by Crippen LogP contribution is 2.58. The lowest BCUT2D eigenvalue weighted by Crippen LogP contribution is -2.14. The Hall–Kier alpha value is -0.280. The maximum atomic E-state index is 12.5. The van der Waals surface area contributed by atoms with Gasteiger partial charge in [0.1, 0.15) is 10.8 Å². The maximum absolute atomic E-state index is 12.5. The number of halogens is 1. The van der Waals surface area contributed by atoms with Crippen molar-refractivity contribution in [3.05, 3.63) is 24.1 Å². The van der Waals surface area contributed by atoms with E-state index < -0.39 is 0 Å². The zero-order valence-corrected chi connectivity index (χ0v) is 6.32. The molecule has 54 valence electrons. The van der Waals surface area contributed by atoms with Gasteiger partial charge in [-0.3, -0.25) is 0 Å². The van der Waals surface area contributed by atoms with Crippen molar-refractivity contribution in [2.75, 3.05) is 7.11 Å². The topological polar surface area (TPSA) is 9.23 Å². The minimum atomic E-state index is -0.213. The molecule has 0 aromatic carbocycles. The van der Waals surface area contributed by atoms with Crippen LogP contribution in [0.25, 0.3) is 0 Å². The molecule has 0 amide bonds. The molecule has 0 spiro atoms. The monoisotopic (exact) mass is 158 g/mol. The van der Waals surface area contributed by atoms with Gasteiger partial charge in [-0.25, -0.2) is 4.39 Å². The molecule has 0 radical (unpaired) electrons. The Kier molecular flexibility index (Phi) is 1.20. The quantitative estimate of drug-likeness (QED) is 0.539. The zero-order valence-electron chi connectivity index (χ0n) is 5.50. The van der Waals surface area contributed by atoms with Crippen molar-refractivity contribution in [1.29, 1.82) is 0 Å². The van der Waals surface area contributed by atoms with Gasteiger partial charge in [0, 0.05) is 7.11 Å². The number of fused-ring (bicyclic) bond motifs is 1. The Morgan fingerprint density at radius 3 is 3.20 bits per heavy atom. The lowest BCUT2D eigenvalue weighted by molar-refractivity contribution is 0.143. The first kappa shape index (κ1) is 6.43. The summed E-state index contributed by atoms with van der Waals surface area (Å²) in [5.74, 6) is -0.150. The van der Waals surface area contributed by atoms with Crippen LogP contribution in [-0.4, -0.2) is 17.3 Å². The number of thioether (sulfide) groups is 1. The van der Waals surface area contributed by atoms with E-state index in [9.17, 15) is 4.39 Å². The Morgan fingerprint density at radius 1 is 1.80 bits per heavy atom. The van der Waals surface area contributed by atoms with Crippen LogP contribution in [0, 0.1) is 0 Å². The van der Waals surface area contributed by atoms with Gasteiger partial charge < -0.3 is 4.74 Å². The van der Waals surface area contributed by atoms with Crippen molar-refractivity contribution in [1.82, 2.24) is 0 Å². The van der Waals surface area contributed by atoms with E-state index in [2.05, 4.69) is 0 Å². The molecule has 3 heteroatoms. The summed E-state index contributed by atoms with van der Waals surface area (Å²) in [4.78, 5) is -0.213. The zero-order chi connectivity index (χ0) is 7.19. The Bertz CT molecular complexity index is 224. The van der Waals surface area contributed by atoms with Crippen LogP contribution in [0.1, 0.15) is 0 Å².